The molecular formula is C16H25N5O2. The minimum Gasteiger partial charge on any atom is -0.481 e. The molecule has 2 saturated heterocycles. The summed E-state index contributed by atoms with van der Waals surface area (Å²) in [6.45, 7) is 2.79. The normalized spacial score (nSPS) is 23.8. The molecule has 1 amide bonds. The first-order chi connectivity index (χ1) is 11.2. The highest BCUT2D eigenvalue weighted by Crippen LogP contribution is 2.22. The van der Waals surface area contributed by atoms with Crippen molar-refractivity contribution in [1.82, 2.24) is 19.8 Å². The first kappa shape index (κ1) is 16.0. The number of carbonyl (C=O) groups is 1. The van der Waals surface area contributed by atoms with Crippen molar-refractivity contribution in [3.63, 3.8) is 0 Å². The summed E-state index contributed by atoms with van der Waals surface area (Å²) >= 11 is 0. The average Bonchev–Trinajstić information content (AvgIpc) is 2.58. The Morgan fingerprint density at radius 3 is 2.74 bits per heavy atom. The summed E-state index contributed by atoms with van der Waals surface area (Å²) in [6, 6.07) is 2.27. The number of likely N-dealkylation sites (tertiary alicyclic amines) is 2. The quantitative estimate of drug-likeness (QED) is 0.892. The van der Waals surface area contributed by atoms with E-state index in [1.165, 1.54) is 6.33 Å². The molecule has 2 fully saturated rings. The predicted octanol–water partition coefficient (Wildman–Crippen LogP) is 0.982. The highest BCUT2D eigenvalue weighted by atomic mass is 16.5. The van der Waals surface area contributed by atoms with Gasteiger partial charge in [0.15, 0.2) is 0 Å². The Labute approximate surface area is 137 Å². The van der Waals surface area contributed by atoms with E-state index < -0.39 is 0 Å². The van der Waals surface area contributed by atoms with Crippen LogP contribution < -0.4 is 10.1 Å². The number of hydrogen-bond acceptors (Lipinski definition) is 6. The molecule has 0 radical (unpaired) electrons. The van der Waals surface area contributed by atoms with Gasteiger partial charge in [-0.1, -0.05) is 0 Å². The standard InChI is InChI=1S/C16H25N5O2/c1-20-7-3-4-13(16(20)22)21-8-5-12(6-9-21)19-14-10-15(23-2)18-11-17-14/h10-13H,3-9H2,1-2H3,(H,17,18,19). The van der Waals surface area contributed by atoms with Crippen LogP contribution in [-0.4, -0.2) is 71.6 Å². The zero-order valence-corrected chi connectivity index (χ0v) is 13.9. The van der Waals surface area contributed by atoms with Crippen LogP contribution in [0.1, 0.15) is 25.7 Å². The maximum atomic E-state index is 12.3. The van der Waals surface area contributed by atoms with Gasteiger partial charge in [0.2, 0.25) is 11.8 Å². The zero-order valence-electron chi connectivity index (χ0n) is 13.9. The highest BCUT2D eigenvalue weighted by molar-refractivity contribution is 5.82. The van der Waals surface area contributed by atoms with Crippen LogP contribution in [0.15, 0.2) is 12.4 Å². The summed E-state index contributed by atoms with van der Waals surface area (Å²) in [4.78, 5) is 24.8. The number of ether oxygens (including phenoxy) is 1. The third-order valence-electron chi connectivity index (χ3n) is 4.81. The fraction of sp³-hybridized carbons (Fsp3) is 0.688. The van der Waals surface area contributed by atoms with E-state index in [1.54, 1.807) is 7.11 Å². The molecule has 0 spiro atoms. The molecular weight excluding hydrogens is 294 g/mol. The molecule has 126 valence electrons. The Morgan fingerprint density at radius 1 is 1.22 bits per heavy atom. The number of aromatic nitrogens is 2. The molecule has 3 heterocycles. The second kappa shape index (κ2) is 7.12. The van der Waals surface area contributed by atoms with Gasteiger partial charge in [0.1, 0.15) is 12.1 Å². The number of methoxy groups -OCH3 is 1. The molecule has 23 heavy (non-hydrogen) atoms. The summed E-state index contributed by atoms with van der Waals surface area (Å²) in [5.41, 5.74) is 0. The highest BCUT2D eigenvalue weighted by Gasteiger charge is 2.33. The molecule has 0 aliphatic carbocycles. The minimum absolute atomic E-state index is 0.0776. The molecule has 0 bridgehead atoms. The molecule has 1 unspecified atom stereocenters. The molecule has 0 aromatic carbocycles. The van der Waals surface area contributed by atoms with E-state index in [-0.39, 0.29) is 11.9 Å². The van der Waals surface area contributed by atoms with Crippen LogP contribution in [-0.2, 0) is 4.79 Å². The Bertz CT molecular complexity index is 545. The maximum Gasteiger partial charge on any atom is 0.239 e. The van der Waals surface area contributed by atoms with Crippen LogP contribution >= 0.6 is 0 Å². The van der Waals surface area contributed by atoms with Crippen molar-refractivity contribution < 1.29 is 9.53 Å². The molecule has 1 N–H and O–H groups in total. The fourth-order valence-corrected chi connectivity index (χ4v) is 3.44. The number of hydrogen-bond donors (Lipinski definition) is 1. The van der Waals surface area contributed by atoms with Crippen LogP contribution in [0.25, 0.3) is 0 Å². The second-order valence-corrected chi connectivity index (χ2v) is 6.32. The van der Waals surface area contributed by atoms with Gasteiger partial charge in [-0.05, 0) is 25.7 Å². The van der Waals surface area contributed by atoms with Gasteiger partial charge in [0.25, 0.3) is 0 Å². The van der Waals surface area contributed by atoms with Gasteiger partial charge < -0.3 is 15.0 Å². The van der Waals surface area contributed by atoms with Crippen molar-refractivity contribution in [3.05, 3.63) is 12.4 Å². The Morgan fingerprint density at radius 2 is 2.00 bits per heavy atom. The van der Waals surface area contributed by atoms with Crippen molar-refractivity contribution in [2.24, 2.45) is 0 Å². The molecule has 3 rings (SSSR count). The van der Waals surface area contributed by atoms with Gasteiger partial charge in [-0.25, -0.2) is 9.97 Å². The molecule has 2 aliphatic rings. The van der Waals surface area contributed by atoms with Gasteiger partial charge in [0.05, 0.1) is 13.2 Å². The molecule has 2 aliphatic heterocycles. The van der Waals surface area contributed by atoms with E-state index in [4.69, 9.17) is 4.74 Å². The number of anilines is 1. The van der Waals surface area contributed by atoms with Gasteiger partial charge in [-0.15, -0.1) is 0 Å². The van der Waals surface area contributed by atoms with Gasteiger partial charge >= 0.3 is 0 Å². The zero-order chi connectivity index (χ0) is 16.2. The first-order valence-corrected chi connectivity index (χ1v) is 8.29. The Kier molecular flexibility index (Phi) is 4.95. The largest absolute Gasteiger partial charge is 0.481 e. The SMILES string of the molecule is COc1cc(NC2CCN(C3CCCN(C)C3=O)CC2)ncn1. The van der Waals surface area contributed by atoms with E-state index in [0.717, 1.165) is 51.1 Å². The minimum atomic E-state index is 0.0776. The van der Waals surface area contributed by atoms with Crippen molar-refractivity contribution in [3.8, 4) is 5.88 Å². The number of carbonyl (C=O) groups excluding carboxylic acids is 1. The van der Waals surface area contributed by atoms with Crippen molar-refractivity contribution in [2.75, 3.05) is 39.1 Å². The summed E-state index contributed by atoms with van der Waals surface area (Å²) in [7, 11) is 3.51. The van der Waals surface area contributed by atoms with E-state index in [1.807, 2.05) is 18.0 Å². The molecule has 0 saturated carbocycles. The van der Waals surface area contributed by atoms with Crippen LogP contribution in [0.4, 0.5) is 5.82 Å². The number of likely N-dealkylation sites (N-methyl/N-ethyl adjacent to an activating group) is 1. The van der Waals surface area contributed by atoms with Crippen molar-refractivity contribution in [2.45, 2.75) is 37.8 Å². The number of rotatable bonds is 4. The number of amides is 1. The second-order valence-electron chi connectivity index (χ2n) is 6.32. The predicted molar refractivity (Wildman–Crippen MR) is 87.5 cm³/mol. The first-order valence-electron chi connectivity index (χ1n) is 8.29. The molecule has 7 heteroatoms. The summed E-state index contributed by atoms with van der Waals surface area (Å²) in [6.07, 6.45) is 5.63. The summed E-state index contributed by atoms with van der Waals surface area (Å²) in [5.74, 6) is 1.64. The third-order valence-corrected chi connectivity index (χ3v) is 4.81. The van der Waals surface area contributed by atoms with Gasteiger partial charge in [-0.3, -0.25) is 9.69 Å². The van der Waals surface area contributed by atoms with Gasteiger partial charge in [0, 0.05) is 38.8 Å². The molecule has 7 nitrogen and oxygen atoms in total. The van der Waals surface area contributed by atoms with Crippen LogP contribution in [0, 0.1) is 0 Å². The third kappa shape index (κ3) is 3.72. The summed E-state index contributed by atoms with van der Waals surface area (Å²) < 4.78 is 5.12. The number of nitrogens with zero attached hydrogens (tertiary/aromatic N) is 4. The maximum absolute atomic E-state index is 12.3. The van der Waals surface area contributed by atoms with E-state index >= 15 is 0 Å². The summed E-state index contributed by atoms with van der Waals surface area (Å²) in [5, 5.41) is 3.45. The fourth-order valence-electron chi connectivity index (χ4n) is 3.44. The lowest BCUT2D eigenvalue weighted by Crippen LogP contribution is -2.54. The lowest BCUT2D eigenvalue weighted by molar-refractivity contribution is -0.139. The van der Waals surface area contributed by atoms with Crippen molar-refractivity contribution >= 4 is 11.7 Å². The van der Waals surface area contributed by atoms with Crippen LogP contribution in [0.3, 0.4) is 0 Å². The van der Waals surface area contributed by atoms with E-state index in [9.17, 15) is 4.79 Å². The molecule has 1 aromatic heterocycles. The van der Waals surface area contributed by atoms with Gasteiger partial charge in [-0.2, -0.15) is 0 Å². The topological polar surface area (TPSA) is 70.6 Å². The Balaban J connectivity index is 1.53. The van der Waals surface area contributed by atoms with E-state index in [2.05, 4.69) is 20.2 Å². The van der Waals surface area contributed by atoms with Crippen molar-refractivity contribution in [1.29, 1.82) is 0 Å². The Hall–Kier alpha value is -1.89. The molecule has 1 aromatic rings. The smallest absolute Gasteiger partial charge is 0.239 e. The van der Waals surface area contributed by atoms with E-state index in [0.29, 0.717) is 11.9 Å². The number of nitrogens with one attached hydrogen (secondary N) is 1. The monoisotopic (exact) mass is 319 g/mol. The lowest BCUT2D eigenvalue weighted by Gasteiger charge is -2.40. The average molecular weight is 319 g/mol. The van der Waals surface area contributed by atoms with Crippen LogP contribution in [0.2, 0.25) is 0 Å². The number of piperidine rings is 2. The molecule has 1 atom stereocenters. The lowest BCUT2D eigenvalue weighted by atomic mass is 9.98. The van der Waals surface area contributed by atoms with Crippen LogP contribution in [0.5, 0.6) is 5.88 Å².